The van der Waals surface area contributed by atoms with Crippen molar-refractivity contribution < 1.29 is 22.8 Å². The Bertz CT molecular complexity index is 3490. The topological polar surface area (TPSA) is 156 Å². The molecule has 7 heterocycles. The maximum Gasteiger partial charge on any atom is 0.438 e. The molecule has 15 nitrogen and oxygen atoms in total. The minimum absolute atomic E-state index is 0.00141. The first kappa shape index (κ1) is 40.6. The van der Waals surface area contributed by atoms with Crippen LogP contribution in [0.25, 0.3) is 39.0 Å². The van der Waals surface area contributed by atoms with Crippen LogP contribution in [0.4, 0.5) is 8.78 Å². The first-order chi connectivity index (χ1) is 31.5. The second-order valence-electron chi connectivity index (χ2n) is 19.8. The van der Waals surface area contributed by atoms with E-state index in [1.807, 2.05) is 22.5 Å². The van der Waals surface area contributed by atoms with Crippen LogP contribution in [0.2, 0.25) is 0 Å². The number of hydrogen-bond donors (Lipinski definition) is 1. The van der Waals surface area contributed by atoms with Crippen molar-refractivity contribution in [2.75, 3.05) is 6.61 Å². The number of halogens is 2. The summed E-state index contributed by atoms with van der Waals surface area (Å²) >= 11 is 0. The number of amides is 1. The molecule has 1 saturated carbocycles. The number of benzene rings is 3. The highest BCUT2D eigenvalue weighted by Gasteiger charge is 2.62. The van der Waals surface area contributed by atoms with Crippen molar-refractivity contribution in [2.45, 2.75) is 102 Å². The fourth-order valence-electron chi connectivity index (χ4n) is 11.9. The summed E-state index contributed by atoms with van der Waals surface area (Å²) in [4.78, 5) is 47.8. The Morgan fingerprint density at radius 1 is 0.924 bits per heavy atom. The molecule has 5 atom stereocenters. The SMILES string of the molecule is Cc1cc(-n2nc3c(c2-n2ccn(-c4ccc5c(cnn5C)c4F)c2=O)[C@]2(C)CC(C3)N2C(=O)c2cc3cc([C@H]4CCOC(C)(C)C4)ccc3n2[C@@]2(c3noc(=O)[nH]3)C[C@@H]2C)cc(C)c1F. The third-order valence-corrected chi connectivity index (χ3v) is 15.2. The predicted octanol–water partition coefficient (Wildman–Crippen LogP) is 7.37. The van der Waals surface area contributed by atoms with Gasteiger partial charge < -0.3 is 14.2 Å². The van der Waals surface area contributed by atoms with Crippen molar-refractivity contribution >= 4 is 27.7 Å². The van der Waals surface area contributed by atoms with Gasteiger partial charge in [0.05, 0.1) is 45.3 Å². The van der Waals surface area contributed by atoms with E-state index in [1.165, 1.54) is 27.1 Å². The van der Waals surface area contributed by atoms with Crippen molar-refractivity contribution in [3.8, 4) is 17.2 Å². The molecule has 1 N–H and O–H groups in total. The minimum atomic E-state index is -0.973. The third kappa shape index (κ3) is 5.54. The van der Waals surface area contributed by atoms with Crippen LogP contribution < -0.4 is 11.4 Å². The van der Waals surface area contributed by atoms with Gasteiger partial charge >= 0.3 is 11.4 Å². The van der Waals surface area contributed by atoms with Crippen LogP contribution in [0.3, 0.4) is 0 Å². The lowest BCUT2D eigenvalue weighted by molar-refractivity contribution is -0.0593. The molecule has 2 saturated heterocycles. The molecule has 2 aliphatic heterocycles. The number of hydrogen-bond acceptors (Lipinski definition) is 8. The summed E-state index contributed by atoms with van der Waals surface area (Å²) in [5.41, 5.74) is 3.12. The number of imidazole rings is 1. The van der Waals surface area contributed by atoms with Crippen LogP contribution in [-0.2, 0) is 29.3 Å². The van der Waals surface area contributed by atoms with Crippen LogP contribution in [0.1, 0.15) is 104 Å². The van der Waals surface area contributed by atoms with Gasteiger partial charge in [-0.25, -0.2) is 23.1 Å². The number of aromatic nitrogens is 9. The summed E-state index contributed by atoms with van der Waals surface area (Å²) in [6, 6.07) is 14.8. The number of fused-ring (bicyclic) bond motifs is 6. The molecule has 12 rings (SSSR count). The molecule has 2 bridgehead atoms. The molecule has 2 aliphatic carbocycles. The monoisotopic (exact) mass is 894 g/mol. The Morgan fingerprint density at radius 2 is 1.67 bits per heavy atom. The second-order valence-corrected chi connectivity index (χ2v) is 19.8. The van der Waals surface area contributed by atoms with Gasteiger partial charge in [0.2, 0.25) is 0 Å². The van der Waals surface area contributed by atoms with E-state index >= 15 is 13.6 Å². The van der Waals surface area contributed by atoms with Gasteiger partial charge in [-0.15, -0.1) is 0 Å². The normalized spacial score (nSPS) is 24.3. The molecular weight excluding hydrogens is 847 g/mol. The standard InChI is InChI=1S/C49H48F2N10O5/c1-25-16-31(17-26(2)40(25)50)61-42(58-14-13-57(46(58)64)37-11-10-36-33(41(37)51)24-52-56(36)7)39-34(54-61)20-32-23-48(39,6)59(32)43(62)38-19-30-18-28(29-12-15-65-47(4,5)22-29)8-9-35(30)60(38)49(21-27(49)3)44-53-45(63)66-55-44/h8-11,13-14,16-19,24,27,29,32H,12,15,20-23H2,1-7H3,(H,53,55,63)/t27-,29-,32?,48-,49-/m0/s1. The van der Waals surface area contributed by atoms with Crippen LogP contribution >= 0.6 is 0 Å². The first-order valence-electron chi connectivity index (χ1n) is 22.5. The van der Waals surface area contributed by atoms with E-state index in [0.29, 0.717) is 76.8 Å². The fourth-order valence-corrected chi connectivity index (χ4v) is 11.9. The van der Waals surface area contributed by atoms with Crippen LogP contribution in [0, 0.1) is 31.4 Å². The first-order valence-corrected chi connectivity index (χ1v) is 22.5. The molecule has 1 unspecified atom stereocenters. The van der Waals surface area contributed by atoms with Crippen LogP contribution in [-0.4, -0.2) is 72.5 Å². The number of nitrogens with one attached hydrogen (secondary N) is 1. The summed E-state index contributed by atoms with van der Waals surface area (Å²) in [5, 5.41) is 14.7. The largest absolute Gasteiger partial charge is 0.438 e. The number of aryl methyl sites for hydroxylation is 3. The summed E-state index contributed by atoms with van der Waals surface area (Å²) < 4.78 is 50.5. The average Bonchev–Trinajstić information content (AvgIpc) is 3.91. The zero-order chi connectivity index (χ0) is 45.9. The van der Waals surface area contributed by atoms with Crippen LogP contribution in [0.15, 0.2) is 81.2 Å². The summed E-state index contributed by atoms with van der Waals surface area (Å²) in [6.07, 6.45) is 7.85. The van der Waals surface area contributed by atoms with Gasteiger partial charge in [0.25, 0.3) is 5.91 Å². The summed E-state index contributed by atoms with van der Waals surface area (Å²) in [5.74, 6) is -0.834. The van der Waals surface area contributed by atoms with Gasteiger partial charge in [-0.2, -0.15) is 10.2 Å². The molecule has 0 radical (unpaired) electrons. The van der Waals surface area contributed by atoms with Gasteiger partial charge in [-0.05, 0) is 131 Å². The number of carbonyl (C=O) groups is 1. The smallest absolute Gasteiger partial charge is 0.376 e. The molecule has 1 amide bonds. The average molecular weight is 895 g/mol. The summed E-state index contributed by atoms with van der Waals surface area (Å²) in [6.45, 7) is 12.3. The number of H-pyrrole nitrogens is 1. The number of rotatable bonds is 7. The Hall–Kier alpha value is -6.88. The maximum absolute atomic E-state index is 16.2. The lowest BCUT2D eigenvalue weighted by Gasteiger charge is -2.60. The number of carbonyl (C=O) groups excluding carboxylic acids is 1. The summed E-state index contributed by atoms with van der Waals surface area (Å²) in [7, 11) is 1.72. The molecule has 4 aliphatic rings. The Kier molecular flexibility index (Phi) is 8.36. The molecular formula is C49H48F2N10O5. The highest BCUT2D eigenvalue weighted by atomic mass is 19.1. The Morgan fingerprint density at radius 3 is 2.38 bits per heavy atom. The van der Waals surface area contributed by atoms with Crippen molar-refractivity contribution in [1.29, 1.82) is 0 Å². The molecule has 3 aromatic carbocycles. The van der Waals surface area contributed by atoms with Crippen molar-refractivity contribution in [1.82, 2.24) is 48.3 Å². The van der Waals surface area contributed by atoms with Crippen molar-refractivity contribution in [3.05, 3.63) is 139 Å². The molecule has 3 fully saturated rings. The molecule has 338 valence electrons. The zero-order valence-electron chi connectivity index (χ0n) is 37.6. The highest BCUT2D eigenvalue weighted by molar-refractivity contribution is 6.01. The van der Waals surface area contributed by atoms with Gasteiger partial charge in [0.15, 0.2) is 17.5 Å². The van der Waals surface area contributed by atoms with Crippen molar-refractivity contribution in [3.63, 3.8) is 0 Å². The Labute approximate surface area is 376 Å². The molecule has 5 aromatic heterocycles. The number of aromatic amines is 1. The maximum atomic E-state index is 16.2. The Balaban J connectivity index is 1.02. The lowest BCUT2D eigenvalue weighted by atomic mass is 9.67. The quantitative estimate of drug-likeness (QED) is 0.174. The highest BCUT2D eigenvalue weighted by Crippen LogP contribution is 2.58. The van der Waals surface area contributed by atoms with E-state index in [4.69, 9.17) is 14.4 Å². The molecule has 17 heteroatoms. The number of nitrogens with zero attached hydrogens (tertiary/aromatic N) is 9. The van der Waals surface area contributed by atoms with E-state index < -0.39 is 28.3 Å². The second kappa shape index (κ2) is 13.6. The van der Waals surface area contributed by atoms with E-state index in [9.17, 15) is 9.59 Å². The van der Waals surface area contributed by atoms with Gasteiger partial charge in [-0.3, -0.25) is 28.1 Å². The zero-order valence-corrected chi connectivity index (χ0v) is 37.6. The predicted molar refractivity (Wildman–Crippen MR) is 240 cm³/mol. The fraction of sp³-hybridized carbons (Fsp3) is 0.388. The number of likely N-dealkylation sites (tertiary alicyclic amines) is 1. The van der Waals surface area contributed by atoms with E-state index in [1.54, 1.807) is 60.7 Å². The molecule has 8 aromatic rings. The minimum Gasteiger partial charge on any atom is -0.376 e. The number of ether oxygens (including phenoxy) is 1. The van der Waals surface area contributed by atoms with Crippen molar-refractivity contribution in [2.24, 2.45) is 13.0 Å². The van der Waals surface area contributed by atoms with Gasteiger partial charge in [0, 0.05) is 55.0 Å². The molecule has 0 spiro atoms. The van der Waals surface area contributed by atoms with Crippen LogP contribution in [0.5, 0.6) is 0 Å². The van der Waals surface area contributed by atoms with E-state index in [2.05, 4.69) is 54.2 Å². The lowest BCUT2D eigenvalue weighted by Crippen LogP contribution is -2.68. The third-order valence-electron chi connectivity index (χ3n) is 15.2. The molecule has 66 heavy (non-hydrogen) atoms. The van der Waals surface area contributed by atoms with E-state index in [0.717, 1.165) is 23.7 Å². The van der Waals surface area contributed by atoms with Gasteiger partial charge in [0.1, 0.15) is 17.1 Å². The van der Waals surface area contributed by atoms with E-state index in [-0.39, 0.29) is 46.3 Å². The van der Waals surface area contributed by atoms with Gasteiger partial charge in [-0.1, -0.05) is 18.1 Å².